The average Bonchev–Trinajstić information content (AvgIpc) is 2.71. The number of benzene rings is 1. The number of rotatable bonds is 11. The Morgan fingerprint density at radius 3 is 2.36 bits per heavy atom. The summed E-state index contributed by atoms with van der Waals surface area (Å²) in [4.78, 5) is 23.9. The minimum Gasteiger partial charge on any atom is -0.497 e. The highest BCUT2D eigenvalue weighted by molar-refractivity contribution is 5.92. The SMILES string of the molecule is CCCC(CC)NC(=O)CN/C=C(\C=C(/C)C(=O)OC)c1ccc(OC)cc1. The van der Waals surface area contributed by atoms with Gasteiger partial charge < -0.3 is 20.1 Å². The molecule has 0 aliphatic heterocycles. The molecular weight excluding hydrogens is 356 g/mol. The highest BCUT2D eigenvalue weighted by Crippen LogP contribution is 2.20. The molecule has 1 aromatic rings. The minimum atomic E-state index is -0.400. The maximum atomic E-state index is 12.2. The van der Waals surface area contributed by atoms with Crippen molar-refractivity contribution in [2.75, 3.05) is 20.8 Å². The van der Waals surface area contributed by atoms with Crippen LogP contribution in [0.1, 0.15) is 45.6 Å². The summed E-state index contributed by atoms with van der Waals surface area (Å²) in [6.45, 7) is 6.01. The molecule has 154 valence electrons. The van der Waals surface area contributed by atoms with Crippen LogP contribution < -0.4 is 15.4 Å². The lowest BCUT2D eigenvalue weighted by Gasteiger charge is -2.16. The molecule has 0 aromatic heterocycles. The normalized spacial score (nSPS) is 12.9. The van der Waals surface area contributed by atoms with Gasteiger partial charge in [-0.15, -0.1) is 0 Å². The van der Waals surface area contributed by atoms with Gasteiger partial charge in [-0.1, -0.05) is 32.4 Å². The van der Waals surface area contributed by atoms with Crippen molar-refractivity contribution in [2.24, 2.45) is 0 Å². The predicted octanol–water partition coefficient (Wildman–Crippen LogP) is 3.44. The van der Waals surface area contributed by atoms with E-state index >= 15 is 0 Å². The first kappa shape index (κ1) is 23.3. The predicted molar refractivity (Wildman–Crippen MR) is 112 cm³/mol. The fourth-order valence-electron chi connectivity index (χ4n) is 2.70. The number of amides is 1. The second kappa shape index (κ2) is 12.6. The number of allylic oxidation sites excluding steroid dienone is 2. The van der Waals surface area contributed by atoms with Crippen LogP contribution in [0.15, 0.2) is 42.1 Å². The van der Waals surface area contributed by atoms with E-state index in [1.165, 1.54) is 7.11 Å². The lowest BCUT2D eigenvalue weighted by Crippen LogP contribution is -2.39. The van der Waals surface area contributed by atoms with Crippen molar-refractivity contribution < 1.29 is 19.1 Å². The van der Waals surface area contributed by atoms with E-state index < -0.39 is 5.97 Å². The summed E-state index contributed by atoms with van der Waals surface area (Å²) in [7, 11) is 2.95. The third kappa shape index (κ3) is 7.86. The first-order chi connectivity index (χ1) is 13.4. The molecule has 0 saturated heterocycles. The van der Waals surface area contributed by atoms with Crippen molar-refractivity contribution in [1.29, 1.82) is 0 Å². The van der Waals surface area contributed by atoms with Gasteiger partial charge in [-0.25, -0.2) is 4.79 Å². The van der Waals surface area contributed by atoms with E-state index in [1.807, 2.05) is 24.3 Å². The lowest BCUT2D eigenvalue weighted by atomic mass is 10.0. The molecule has 1 amide bonds. The van der Waals surface area contributed by atoms with E-state index in [4.69, 9.17) is 9.47 Å². The van der Waals surface area contributed by atoms with Crippen molar-refractivity contribution in [2.45, 2.75) is 46.1 Å². The van der Waals surface area contributed by atoms with E-state index in [9.17, 15) is 9.59 Å². The molecule has 0 heterocycles. The molecular formula is C22H32N2O4. The molecule has 1 aromatic carbocycles. The maximum absolute atomic E-state index is 12.2. The topological polar surface area (TPSA) is 76.7 Å². The smallest absolute Gasteiger partial charge is 0.333 e. The quantitative estimate of drug-likeness (QED) is 0.345. The molecule has 1 rings (SSSR count). The molecule has 0 spiro atoms. The first-order valence-corrected chi connectivity index (χ1v) is 9.59. The fraction of sp³-hybridized carbons (Fsp3) is 0.455. The van der Waals surface area contributed by atoms with Crippen LogP contribution in [0.3, 0.4) is 0 Å². The number of carbonyl (C=O) groups is 2. The van der Waals surface area contributed by atoms with E-state index in [0.29, 0.717) is 5.57 Å². The zero-order valence-electron chi connectivity index (χ0n) is 17.5. The number of ether oxygens (including phenoxy) is 2. The van der Waals surface area contributed by atoms with Crippen LogP contribution >= 0.6 is 0 Å². The molecule has 1 atom stereocenters. The Bertz CT molecular complexity index is 693. The van der Waals surface area contributed by atoms with E-state index in [-0.39, 0.29) is 18.5 Å². The summed E-state index contributed by atoms with van der Waals surface area (Å²) in [5, 5.41) is 6.07. The van der Waals surface area contributed by atoms with Crippen molar-refractivity contribution in [1.82, 2.24) is 10.6 Å². The Morgan fingerprint density at radius 1 is 1.14 bits per heavy atom. The fourth-order valence-corrected chi connectivity index (χ4v) is 2.70. The van der Waals surface area contributed by atoms with Crippen LogP contribution in [-0.4, -0.2) is 38.7 Å². The third-order valence-corrected chi connectivity index (χ3v) is 4.32. The first-order valence-electron chi connectivity index (χ1n) is 9.59. The Labute approximate surface area is 168 Å². The van der Waals surface area contributed by atoms with Crippen molar-refractivity contribution in [3.63, 3.8) is 0 Å². The van der Waals surface area contributed by atoms with Gasteiger partial charge in [0.1, 0.15) is 5.75 Å². The van der Waals surface area contributed by atoms with Crippen LogP contribution in [0.5, 0.6) is 5.75 Å². The number of methoxy groups -OCH3 is 2. The van der Waals surface area contributed by atoms with Gasteiger partial charge in [0.15, 0.2) is 0 Å². The second-order valence-electron chi connectivity index (χ2n) is 6.49. The van der Waals surface area contributed by atoms with Crippen LogP contribution in [0.4, 0.5) is 0 Å². The van der Waals surface area contributed by atoms with Gasteiger partial charge in [0.05, 0.1) is 20.8 Å². The summed E-state index contributed by atoms with van der Waals surface area (Å²) in [6.07, 6.45) is 6.37. The molecule has 28 heavy (non-hydrogen) atoms. The molecule has 6 heteroatoms. The minimum absolute atomic E-state index is 0.0562. The van der Waals surface area contributed by atoms with Gasteiger partial charge in [-0.3, -0.25) is 4.79 Å². The number of hydrogen-bond donors (Lipinski definition) is 2. The molecule has 0 bridgehead atoms. The number of hydrogen-bond acceptors (Lipinski definition) is 5. The third-order valence-electron chi connectivity index (χ3n) is 4.32. The Morgan fingerprint density at radius 2 is 1.82 bits per heavy atom. The molecule has 0 aliphatic carbocycles. The summed E-state index contributed by atoms with van der Waals surface area (Å²) in [5.41, 5.74) is 2.11. The standard InChI is InChI=1S/C22H32N2O4/c1-6-8-19(7-2)24-21(25)15-23-14-18(13-16(3)22(26)28-5)17-9-11-20(27-4)12-10-17/h9-14,19,23H,6-8,15H2,1-5H3,(H,24,25)/b16-13+,18-14+. The van der Waals surface area contributed by atoms with Crippen LogP contribution in [0.25, 0.3) is 5.57 Å². The van der Waals surface area contributed by atoms with Gasteiger partial charge in [0.25, 0.3) is 0 Å². The number of nitrogens with one attached hydrogen (secondary N) is 2. The summed E-state index contributed by atoms with van der Waals surface area (Å²) in [6, 6.07) is 7.66. The van der Waals surface area contributed by atoms with Crippen LogP contribution in [0, 0.1) is 0 Å². The van der Waals surface area contributed by atoms with Gasteiger partial charge in [-0.2, -0.15) is 0 Å². The Kier molecular flexibility index (Phi) is 10.5. The number of esters is 1. The molecule has 0 fully saturated rings. The van der Waals surface area contributed by atoms with Crippen molar-refractivity contribution in [3.05, 3.63) is 47.7 Å². The second-order valence-corrected chi connectivity index (χ2v) is 6.49. The maximum Gasteiger partial charge on any atom is 0.333 e. The highest BCUT2D eigenvalue weighted by atomic mass is 16.5. The molecule has 0 saturated carbocycles. The summed E-state index contributed by atoms with van der Waals surface area (Å²) in [5.74, 6) is 0.285. The van der Waals surface area contributed by atoms with Crippen LogP contribution in [-0.2, 0) is 14.3 Å². The average molecular weight is 389 g/mol. The van der Waals surface area contributed by atoms with Gasteiger partial charge in [0.2, 0.25) is 5.91 Å². The largest absolute Gasteiger partial charge is 0.497 e. The van der Waals surface area contributed by atoms with E-state index in [1.54, 1.807) is 26.3 Å². The summed E-state index contributed by atoms with van der Waals surface area (Å²) < 4.78 is 9.96. The molecule has 1 unspecified atom stereocenters. The number of carbonyl (C=O) groups excluding carboxylic acids is 2. The van der Waals surface area contributed by atoms with Gasteiger partial charge >= 0.3 is 5.97 Å². The Balaban J connectivity index is 2.91. The van der Waals surface area contributed by atoms with E-state index in [2.05, 4.69) is 24.5 Å². The van der Waals surface area contributed by atoms with Crippen molar-refractivity contribution in [3.8, 4) is 5.75 Å². The lowest BCUT2D eigenvalue weighted by molar-refractivity contribution is -0.136. The van der Waals surface area contributed by atoms with Crippen LogP contribution in [0.2, 0.25) is 0 Å². The monoisotopic (exact) mass is 388 g/mol. The molecule has 6 nitrogen and oxygen atoms in total. The van der Waals surface area contributed by atoms with Gasteiger partial charge in [0, 0.05) is 17.8 Å². The zero-order chi connectivity index (χ0) is 20.9. The van der Waals surface area contributed by atoms with E-state index in [0.717, 1.165) is 36.1 Å². The Hall–Kier alpha value is -2.76. The van der Waals surface area contributed by atoms with Crippen molar-refractivity contribution >= 4 is 17.4 Å². The highest BCUT2D eigenvalue weighted by Gasteiger charge is 2.09. The van der Waals surface area contributed by atoms with Gasteiger partial charge in [-0.05, 0) is 49.1 Å². The molecule has 0 aliphatic rings. The summed E-state index contributed by atoms with van der Waals surface area (Å²) >= 11 is 0. The molecule has 0 radical (unpaired) electrons. The molecule has 2 N–H and O–H groups in total. The zero-order valence-corrected chi connectivity index (χ0v) is 17.5.